The van der Waals surface area contributed by atoms with Gasteiger partial charge in [0, 0.05) is 12.8 Å². The third-order valence-corrected chi connectivity index (χ3v) is 2.25. The van der Waals surface area contributed by atoms with Gasteiger partial charge in [0.1, 0.15) is 5.78 Å². The van der Waals surface area contributed by atoms with Gasteiger partial charge in [-0.1, -0.05) is 13.8 Å². The van der Waals surface area contributed by atoms with Crippen LogP contribution < -0.4 is 0 Å². The van der Waals surface area contributed by atoms with Crippen molar-refractivity contribution in [3.63, 3.8) is 0 Å². The van der Waals surface area contributed by atoms with Crippen molar-refractivity contribution < 1.29 is 14.7 Å². The van der Waals surface area contributed by atoms with Crippen molar-refractivity contribution in [3.05, 3.63) is 0 Å². The molecule has 1 atom stereocenters. The van der Waals surface area contributed by atoms with E-state index >= 15 is 0 Å². The summed E-state index contributed by atoms with van der Waals surface area (Å²) in [6.07, 6.45) is 1.36. The van der Waals surface area contributed by atoms with E-state index in [-0.39, 0.29) is 18.1 Å². The van der Waals surface area contributed by atoms with Gasteiger partial charge in [0.05, 0.1) is 0 Å². The van der Waals surface area contributed by atoms with Crippen LogP contribution in [0.4, 0.5) is 0 Å². The standard InChI is InChI=1S/C10H18O3/c1-7(2)9(6-10(12)13)5-4-8(3)11/h7,9H,4-6H2,1-3H3,(H,12,13). The number of rotatable bonds is 6. The summed E-state index contributed by atoms with van der Waals surface area (Å²) in [6, 6.07) is 0. The normalized spacial score (nSPS) is 12.9. The molecule has 0 bridgehead atoms. The molecule has 1 N–H and O–H groups in total. The molecule has 0 fully saturated rings. The van der Waals surface area contributed by atoms with Gasteiger partial charge in [0.2, 0.25) is 0 Å². The SMILES string of the molecule is CC(=O)CCC(CC(=O)O)C(C)C. The van der Waals surface area contributed by atoms with Crippen molar-refractivity contribution in [2.45, 2.75) is 40.0 Å². The Morgan fingerprint density at radius 1 is 1.31 bits per heavy atom. The van der Waals surface area contributed by atoms with Crippen molar-refractivity contribution in [1.29, 1.82) is 0 Å². The van der Waals surface area contributed by atoms with Crippen LogP contribution in [0.5, 0.6) is 0 Å². The molecule has 0 aliphatic carbocycles. The minimum Gasteiger partial charge on any atom is -0.481 e. The number of Topliss-reactive ketones (excluding diaryl/α,β-unsaturated/α-hetero) is 1. The second-order valence-corrected chi connectivity index (χ2v) is 3.84. The lowest BCUT2D eigenvalue weighted by molar-refractivity contribution is -0.138. The number of carbonyl (C=O) groups is 2. The van der Waals surface area contributed by atoms with Crippen LogP contribution in [-0.2, 0) is 9.59 Å². The molecule has 0 aromatic rings. The molecule has 3 heteroatoms. The van der Waals surface area contributed by atoms with Gasteiger partial charge < -0.3 is 9.90 Å². The third-order valence-electron chi connectivity index (χ3n) is 2.25. The highest BCUT2D eigenvalue weighted by Crippen LogP contribution is 2.20. The molecule has 0 rings (SSSR count). The van der Waals surface area contributed by atoms with Gasteiger partial charge in [-0.3, -0.25) is 4.79 Å². The Bertz CT molecular complexity index is 185. The van der Waals surface area contributed by atoms with Crippen LogP contribution >= 0.6 is 0 Å². The number of aliphatic carboxylic acids is 1. The van der Waals surface area contributed by atoms with Crippen LogP contribution in [-0.4, -0.2) is 16.9 Å². The predicted octanol–water partition coefficient (Wildman–Crippen LogP) is 2.10. The minimum atomic E-state index is -0.776. The summed E-state index contributed by atoms with van der Waals surface area (Å²) in [4.78, 5) is 21.2. The summed E-state index contributed by atoms with van der Waals surface area (Å²) in [7, 11) is 0. The minimum absolute atomic E-state index is 0.126. The largest absolute Gasteiger partial charge is 0.481 e. The summed E-state index contributed by atoms with van der Waals surface area (Å²) in [5.41, 5.74) is 0. The topological polar surface area (TPSA) is 54.4 Å². The maximum Gasteiger partial charge on any atom is 0.303 e. The van der Waals surface area contributed by atoms with E-state index in [4.69, 9.17) is 5.11 Å². The number of carbonyl (C=O) groups excluding carboxylic acids is 1. The molecule has 76 valence electrons. The smallest absolute Gasteiger partial charge is 0.303 e. The van der Waals surface area contributed by atoms with Crippen molar-refractivity contribution in [2.24, 2.45) is 11.8 Å². The summed E-state index contributed by atoms with van der Waals surface area (Å²) in [5.74, 6) is -0.185. The number of ketones is 1. The van der Waals surface area contributed by atoms with Gasteiger partial charge in [-0.25, -0.2) is 0 Å². The number of hydrogen-bond acceptors (Lipinski definition) is 2. The summed E-state index contributed by atoms with van der Waals surface area (Å²) in [6.45, 7) is 5.53. The van der Waals surface area contributed by atoms with Crippen LogP contribution in [0, 0.1) is 11.8 Å². The molecule has 0 aliphatic rings. The molecule has 0 spiro atoms. The van der Waals surface area contributed by atoms with Crippen LogP contribution in [0.3, 0.4) is 0 Å². The molecule has 3 nitrogen and oxygen atoms in total. The quantitative estimate of drug-likeness (QED) is 0.691. The number of carboxylic acid groups (broad SMARTS) is 1. The van der Waals surface area contributed by atoms with Crippen LogP contribution in [0.25, 0.3) is 0 Å². The second-order valence-electron chi connectivity index (χ2n) is 3.84. The molecule has 1 unspecified atom stereocenters. The summed E-state index contributed by atoms with van der Waals surface area (Å²) in [5, 5.41) is 8.61. The zero-order valence-electron chi connectivity index (χ0n) is 8.54. The molecule has 0 aliphatic heterocycles. The average molecular weight is 186 g/mol. The molecule has 0 radical (unpaired) electrons. The fourth-order valence-electron chi connectivity index (χ4n) is 1.28. The van der Waals surface area contributed by atoms with E-state index < -0.39 is 5.97 Å². The fraction of sp³-hybridized carbons (Fsp3) is 0.800. The Balaban J connectivity index is 3.95. The molecular formula is C10H18O3. The number of carboxylic acids is 1. The lowest BCUT2D eigenvalue weighted by Gasteiger charge is -2.17. The first-order valence-corrected chi connectivity index (χ1v) is 4.64. The van der Waals surface area contributed by atoms with E-state index in [1.54, 1.807) is 0 Å². The van der Waals surface area contributed by atoms with Crippen LogP contribution in [0.15, 0.2) is 0 Å². The van der Waals surface area contributed by atoms with Gasteiger partial charge >= 0.3 is 5.97 Å². The third kappa shape index (κ3) is 6.31. The highest BCUT2D eigenvalue weighted by molar-refractivity contribution is 5.75. The van der Waals surface area contributed by atoms with Crippen molar-refractivity contribution >= 4 is 11.8 Å². The van der Waals surface area contributed by atoms with Gasteiger partial charge in [0.15, 0.2) is 0 Å². The van der Waals surface area contributed by atoms with Crippen molar-refractivity contribution in [2.75, 3.05) is 0 Å². The summed E-state index contributed by atoms with van der Waals surface area (Å²) >= 11 is 0. The molecule has 0 aromatic heterocycles. The van der Waals surface area contributed by atoms with E-state index in [1.165, 1.54) is 6.92 Å². The Labute approximate surface area is 79.1 Å². The number of hydrogen-bond donors (Lipinski definition) is 1. The maximum absolute atomic E-state index is 10.7. The molecule has 0 aromatic carbocycles. The van der Waals surface area contributed by atoms with E-state index in [2.05, 4.69) is 0 Å². The highest BCUT2D eigenvalue weighted by Gasteiger charge is 2.17. The van der Waals surface area contributed by atoms with E-state index in [0.717, 1.165) is 0 Å². The molecule has 0 amide bonds. The van der Waals surface area contributed by atoms with E-state index in [9.17, 15) is 9.59 Å². The molecular weight excluding hydrogens is 168 g/mol. The summed E-state index contributed by atoms with van der Waals surface area (Å²) < 4.78 is 0. The molecule has 0 saturated carbocycles. The Morgan fingerprint density at radius 3 is 2.15 bits per heavy atom. The Morgan fingerprint density at radius 2 is 1.85 bits per heavy atom. The second kappa shape index (κ2) is 5.73. The van der Waals surface area contributed by atoms with Crippen LogP contribution in [0.1, 0.15) is 40.0 Å². The van der Waals surface area contributed by atoms with Gasteiger partial charge in [0.25, 0.3) is 0 Å². The Hall–Kier alpha value is -0.860. The van der Waals surface area contributed by atoms with Crippen molar-refractivity contribution in [3.8, 4) is 0 Å². The zero-order valence-corrected chi connectivity index (χ0v) is 8.54. The lowest BCUT2D eigenvalue weighted by Crippen LogP contribution is -2.14. The van der Waals surface area contributed by atoms with Gasteiger partial charge in [-0.05, 0) is 25.2 Å². The molecule has 0 saturated heterocycles. The maximum atomic E-state index is 10.7. The highest BCUT2D eigenvalue weighted by atomic mass is 16.4. The monoisotopic (exact) mass is 186 g/mol. The van der Waals surface area contributed by atoms with E-state index in [0.29, 0.717) is 18.8 Å². The van der Waals surface area contributed by atoms with Crippen molar-refractivity contribution in [1.82, 2.24) is 0 Å². The Kier molecular flexibility index (Phi) is 5.35. The molecule has 13 heavy (non-hydrogen) atoms. The van der Waals surface area contributed by atoms with Crippen LogP contribution in [0.2, 0.25) is 0 Å². The fourth-order valence-corrected chi connectivity index (χ4v) is 1.28. The van der Waals surface area contributed by atoms with Gasteiger partial charge in [-0.15, -0.1) is 0 Å². The first-order valence-electron chi connectivity index (χ1n) is 4.64. The first-order chi connectivity index (χ1) is 5.93. The van der Waals surface area contributed by atoms with Gasteiger partial charge in [-0.2, -0.15) is 0 Å². The first kappa shape index (κ1) is 12.1. The molecule has 0 heterocycles. The zero-order chi connectivity index (χ0) is 10.4. The average Bonchev–Trinajstić information content (AvgIpc) is 1.96. The predicted molar refractivity (Wildman–Crippen MR) is 50.5 cm³/mol. The van der Waals surface area contributed by atoms with E-state index in [1.807, 2.05) is 13.8 Å². The lowest BCUT2D eigenvalue weighted by atomic mass is 9.88.